The molecule has 0 atom stereocenters. The molecule has 0 bridgehead atoms. The van der Waals surface area contributed by atoms with Gasteiger partial charge >= 0.3 is 13.1 Å². The van der Waals surface area contributed by atoms with E-state index in [2.05, 4.69) is 76.1 Å². The Hall–Kier alpha value is -2.15. The maximum absolute atomic E-state index is 11.6. The summed E-state index contributed by atoms with van der Waals surface area (Å²) in [6.45, 7) is 12.0. The minimum Gasteiger partial charge on any atom is -0.466 e. The van der Waals surface area contributed by atoms with Gasteiger partial charge in [0.1, 0.15) is 0 Å². The van der Waals surface area contributed by atoms with Crippen molar-refractivity contribution in [2.75, 3.05) is 13.2 Å². The molecule has 6 heteroatoms. The fraction of sp³-hybridized carbons (Fsp3) is 0.581. The normalized spacial score (nSPS) is 16.9. The van der Waals surface area contributed by atoms with Crippen molar-refractivity contribution in [2.24, 2.45) is 0 Å². The van der Waals surface area contributed by atoms with Crippen molar-refractivity contribution in [3.05, 3.63) is 59.6 Å². The zero-order valence-electron chi connectivity index (χ0n) is 23.5. The van der Waals surface area contributed by atoms with Crippen LogP contribution < -0.4 is 0 Å². The number of carbonyl (C=O) groups is 1. The van der Waals surface area contributed by atoms with Crippen molar-refractivity contribution >= 4 is 23.9 Å². The number of allylic oxidation sites excluding steroid dienone is 1. The van der Waals surface area contributed by atoms with Crippen LogP contribution in [0.3, 0.4) is 0 Å². The molecule has 0 unspecified atom stereocenters. The van der Waals surface area contributed by atoms with Gasteiger partial charge in [0.05, 0.1) is 24.4 Å². The van der Waals surface area contributed by atoms with Gasteiger partial charge in [0, 0.05) is 13.0 Å². The molecule has 0 N–H and O–H groups in total. The van der Waals surface area contributed by atoms with Crippen molar-refractivity contribution < 1.29 is 23.6 Å². The number of ether oxygens (including phenoxy) is 2. The molecule has 2 aromatic rings. The molecule has 5 nitrogen and oxygen atoms in total. The molecule has 202 valence electrons. The van der Waals surface area contributed by atoms with Crippen molar-refractivity contribution in [3.8, 4) is 0 Å². The van der Waals surface area contributed by atoms with Crippen LogP contribution in [0.2, 0.25) is 0 Å². The minimum atomic E-state index is -0.338. The van der Waals surface area contributed by atoms with Crippen LogP contribution in [0.4, 0.5) is 0 Å². The Labute approximate surface area is 224 Å². The van der Waals surface area contributed by atoms with Gasteiger partial charge in [-0.15, -0.1) is 0 Å². The molecule has 1 saturated heterocycles. The van der Waals surface area contributed by atoms with Gasteiger partial charge in [0.15, 0.2) is 0 Å². The molecule has 3 rings (SSSR count). The van der Waals surface area contributed by atoms with Crippen LogP contribution in [0.1, 0.15) is 91.5 Å². The number of benzene rings is 2. The molecule has 0 spiro atoms. The largest absolute Gasteiger partial charge is 0.487 e. The predicted octanol–water partition coefficient (Wildman–Crippen LogP) is 7.60. The number of fused-ring (bicyclic) bond motifs is 1. The molecule has 1 aliphatic heterocycles. The summed E-state index contributed by atoms with van der Waals surface area (Å²) in [5.74, 6) is 2.08. The van der Waals surface area contributed by atoms with Gasteiger partial charge in [-0.05, 0) is 95.5 Å². The Bertz CT molecular complexity index is 1010. The second-order valence-electron chi connectivity index (χ2n) is 11.0. The number of unbranched alkanes of at least 4 members (excludes halogenated alkanes) is 3. The Balaban J connectivity index is 1.44. The van der Waals surface area contributed by atoms with E-state index in [0.717, 1.165) is 51.6 Å². The lowest BCUT2D eigenvalue weighted by molar-refractivity contribution is -0.143. The molecule has 0 radical (unpaired) electrons. The van der Waals surface area contributed by atoms with Crippen molar-refractivity contribution in [3.63, 3.8) is 0 Å². The molecule has 1 fully saturated rings. The van der Waals surface area contributed by atoms with E-state index < -0.39 is 0 Å². The zero-order chi connectivity index (χ0) is 26.7. The van der Waals surface area contributed by atoms with E-state index in [9.17, 15) is 4.79 Å². The number of rotatable bonds is 15. The van der Waals surface area contributed by atoms with Gasteiger partial charge in [-0.3, -0.25) is 4.79 Å². The standard InChI is InChI=1S/C31H45BO5/c1-6-35-29(33)18-9-7-8-14-25(23-32-36-30(2,3)31(4,5)37-32)15-12-13-21-34-24-26-19-20-27-16-10-11-17-28(27)22-26/h10-11,16-17,19-20,22-23H,6-9,12-15,18,21,24H2,1-5H3/b25-23+. The lowest BCUT2D eigenvalue weighted by Gasteiger charge is -2.32. The first-order chi connectivity index (χ1) is 17.7. The molecule has 0 aromatic heterocycles. The second-order valence-corrected chi connectivity index (χ2v) is 11.0. The fourth-order valence-electron chi connectivity index (χ4n) is 4.55. The summed E-state index contributed by atoms with van der Waals surface area (Å²) in [6, 6.07) is 14.9. The van der Waals surface area contributed by atoms with Crippen LogP contribution in [0.15, 0.2) is 54.0 Å². The Morgan fingerprint density at radius 3 is 2.22 bits per heavy atom. The van der Waals surface area contributed by atoms with Crippen molar-refractivity contribution in [1.82, 2.24) is 0 Å². The van der Waals surface area contributed by atoms with E-state index in [1.165, 1.54) is 21.9 Å². The van der Waals surface area contributed by atoms with E-state index in [4.69, 9.17) is 18.8 Å². The van der Waals surface area contributed by atoms with Gasteiger partial charge in [0.2, 0.25) is 0 Å². The Morgan fingerprint density at radius 2 is 1.51 bits per heavy atom. The molecule has 37 heavy (non-hydrogen) atoms. The van der Waals surface area contributed by atoms with Crippen molar-refractivity contribution in [2.45, 2.75) is 104 Å². The second kappa shape index (κ2) is 14.1. The summed E-state index contributed by atoms with van der Waals surface area (Å²) >= 11 is 0. The third-order valence-electron chi connectivity index (χ3n) is 7.45. The molecular weight excluding hydrogens is 463 g/mol. The van der Waals surface area contributed by atoms with Gasteiger partial charge < -0.3 is 18.8 Å². The zero-order valence-corrected chi connectivity index (χ0v) is 23.5. The average Bonchev–Trinajstić information content (AvgIpc) is 3.06. The summed E-state index contributed by atoms with van der Waals surface area (Å²) in [5, 5.41) is 2.51. The first-order valence-electron chi connectivity index (χ1n) is 14.0. The summed E-state index contributed by atoms with van der Waals surface area (Å²) in [7, 11) is -0.316. The van der Waals surface area contributed by atoms with Crippen LogP contribution in [0.5, 0.6) is 0 Å². The first-order valence-corrected chi connectivity index (χ1v) is 14.0. The molecule has 0 aliphatic carbocycles. The quantitative estimate of drug-likeness (QED) is 0.141. The summed E-state index contributed by atoms with van der Waals surface area (Å²) < 4.78 is 23.5. The van der Waals surface area contributed by atoms with Crippen molar-refractivity contribution in [1.29, 1.82) is 0 Å². The molecule has 2 aromatic carbocycles. The highest BCUT2D eigenvalue weighted by Gasteiger charge is 2.50. The lowest BCUT2D eigenvalue weighted by Crippen LogP contribution is -2.41. The lowest BCUT2D eigenvalue weighted by atomic mass is 9.84. The Kier molecular flexibility index (Phi) is 11.2. The SMILES string of the molecule is CCOC(=O)CCCCC/C(=C\B1OC(C)(C)C(C)(C)O1)CCCCOCc1ccc2ccccc2c1. The maximum atomic E-state index is 11.6. The summed E-state index contributed by atoms with van der Waals surface area (Å²) in [5.41, 5.74) is 1.90. The highest BCUT2D eigenvalue weighted by Crippen LogP contribution is 2.37. The Morgan fingerprint density at radius 1 is 0.865 bits per heavy atom. The highest BCUT2D eigenvalue weighted by atomic mass is 16.7. The van der Waals surface area contributed by atoms with E-state index in [1.54, 1.807) is 0 Å². The predicted molar refractivity (Wildman–Crippen MR) is 151 cm³/mol. The molecule has 1 heterocycles. The topological polar surface area (TPSA) is 54.0 Å². The third-order valence-corrected chi connectivity index (χ3v) is 7.45. The van der Waals surface area contributed by atoms with Gasteiger partial charge in [0.25, 0.3) is 0 Å². The van der Waals surface area contributed by atoms with Gasteiger partial charge in [-0.25, -0.2) is 0 Å². The van der Waals surface area contributed by atoms with Crippen LogP contribution in [-0.2, 0) is 30.2 Å². The van der Waals surface area contributed by atoms with E-state index >= 15 is 0 Å². The van der Waals surface area contributed by atoms with E-state index in [1.807, 2.05) is 6.92 Å². The van der Waals surface area contributed by atoms with Gasteiger partial charge in [-0.2, -0.15) is 0 Å². The van der Waals surface area contributed by atoms with Gasteiger partial charge in [-0.1, -0.05) is 54.4 Å². The molecule has 0 amide bonds. The van der Waals surface area contributed by atoms with Crippen LogP contribution in [0.25, 0.3) is 10.8 Å². The summed E-state index contributed by atoms with van der Waals surface area (Å²) in [4.78, 5) is 11.6. The average molecular weight is 509 g/mol. The van der Waals surface area contributed by atoms with Crippen LogP contribution >= 0.6 is 0 Å². The first kappa shape index (κ1) is 29.4. The number of hydrogen-bond acceptors (Lipinski definition) is 5. The number of esters is 1. The fourth-order valence-corrected chi connectivity index (χ4v) is 4.55. The third kappa shape index (κ3) is 9.28. The van der Waals surface area contributed by atoms with E-state index in [-0.39, 0.29) is 24.3 Å². The van der Waals surface area contributed by atoms with Crippen LogP contribution in [-0.4, -0.2) is 37.5 Å². The smallest absolute Gasteiger partial charge is 0.466 e. The minimum absolute atomic E-state index is 0.0980. The molecule has 1 aliphatic rings. The van der Waals surface area contributed by atoms with E-state index in [0.29, 0.717) is 19.6 Å². The maximum Gasteiger partial charge on any atom is 0.487 e. The molecular formula is C31H45BO5. The number of carbonyl (C=O) groups excluding carboxylic acids is 1. The summed E-state index contributed by atoms with van der Waals surface area (Å²) in [6.07, 6.45) is 7.48. The monoisotopic (exact) mass is 508 g/mol. The highest BCUT2D eigenvalue weighted by molar-refractivity contribution is 6.51. The molecule has 0 saturated carbocycles. The number of hydrogen-bond donors (Lipinski definition) is 0. The van der Waals surface area contributed by atoms with Crippen LogP contribution in [0, 0.1) is 0 Å².